The van der Waals surface area contributed by atoms with Crippen molar-refractivity contribution in [2.45, 2.75) is 84.0 Å². The molecule has 1 aliphatic heterocycles. The summed E-state index contributed by atoms with van der Waals surface area (Å²) in [6.07, 6.45) is -3.26. The number of carbonyl (C=O) groups excluding carboxylic acids is 4. The molecular weight excluding hydrogens is 618 g/mol. The van der Waals surface area contributed by atoms with E-state index in [4.69, 9.17) is 0 Å². The lowest BCUT2D eigenvalue weighted by molar-refractivity contribution is -0.136. The molecule has 254 valence electrons. The second kappa shape index (κ2) is 14.1. The van der Waals surface area contributed by atoms with E-state index in [1.807, 2.05) is 0 Å². The third-order valence-corrected chi connectivity index (χ3v) is 8.60. The van der Waals surface area contributed by atoms with Crippen LogP contribution in [0.2, 0.25) is 0 Å². The highest BCUT2D eigenvalue weighted by Crippen LogP contribution is 2.40. The molecule has 2 heterocycles. The van der Waals surface area contributed by atoms with Gasteiger partial charge in [0.2, 0.25) is 23.6 Å². The van der Waals surface area contributed by atoms with Crippen LogP contribution in [0.3, 0.4) is 0 Å². The Labute approximate surface area is 270 Å². The molecule has 1 fully saturated rings. The van der Waals surface area contributed by atoms with Gasteiger partial charge in [-0.3, -0.25) is 19.2 Å². The van der Waals surface area contributed by atoms with Gasteiger partial charge in [-0.2, -0.15) is 13.2 Å². The van der Waals surface area contributed by atoms with Gasteiger partial charge in [0.05, 0.1) is 24.0 Å². The maximum atomic E-state index is 13.9. The van der Waals surface area contributed by atoms with Crippen LogP contribution in [0.15, 0.2) is 42.5 Å². The Bertz CT molecular complexity index is 1650. The predicted molar refractivity (Wildman–Crippen MR) is 169 cm³/mol. The number of aryl methyl sites for hydroxylation is 1. The summed E-state index contributed by atoms with van der Waals surface area (Å²) >= 11 is 0. The monoisotopic (exact) mass is 659 g/mol. The van der Waals surface area contributed by atoms with Gasteiger partial charge in [0, 0.05) is 24.0 Å². The van der Waals surface area contributed by atoms with Gasteiger partial charge in [-0.1, -0.05) is 64.4 Å². The van der Waals surface area contributed by atoms with Crippen molar-refractivity contribution in [3.8, 4) is 0 Å². The van der Waals surface area contributed by atoms with Crippen LogP contribution in [0.1, 0.15) is 69.3 Å². The largest absolute Gasteiger partial charge is 0.418 e. The Kier molecular flexibility index (Phi) is 10.7. The molecular formula is C34H41F4N5O4. The summed E-state index contributed by atoms with van der Waals surface area (Å²) in [5.74, 6) is -2.94. The van der Waals surface area contributed by atoms with Crippen LogP contribution in [-0.4, -0.2) is 53.3 Å². The number of aromatic amines is 1. The third-order valence-electron chi connectivity index (χ3n) is 8.60. The van der Waals surface area contributed by atoms with Gasteiger partial charge in [-0.25, -0.2) is 4.39 Å². The van der Waals surface area contributed by atoms with Crippen LogP contribution in [-0.2, 0) is 44.6 Å². The fraction of sp³-hybridized carbons (Fsp3) is 0.471. The normalized spacial score (nSPS) is 19.2. The van der Waals surface area contributed by atoms with E-state index in [2.05, 4.69) is 53.9 Å². The van der Waals surface area contributed by atoms with Crippen molar-refractivity contribution in [1.29, 1.82) is 0 Å². The SMILES string of the molecule is CCC(C)(C)C.O=C(Cc1ccccc1F)NCC(=O)N[C@]1(C(=O)NC2CCNC2=O)CCc2[nH]c3c(C(F)(F)F)cccc3c2C1. The molecule has 1 aliphatic carbocycles. The zero-order valence-corrected chi connectivity index (χ0v) is 26.9. The molecule has 5 rings (SSSR count). The smallest absolute Gasteiger partial charge is 0.358 e. The van der Waals surface area contributed by atoms with Crippen LogP contribution in [0, 0.1) is 11.2 Å². The number of rotatable bonds is 7. The highest BCUT2D eigenvalue weighted by molar-refractivity contribution is 5.98. The minimum atomic E-state index is -4.60. The molecule has 5 N–H and O–H groups in total. The van der Waals surface area contributed by atoms with Crippen molar-refractivity contribution in [1.82, 2.24) is 26.3 Å². The second-order valence-corrected chi connectivity index (χ2v) is 13.2. The zero-order valence-electron chi connectivity index (χ0n) is 26.9. The first-order valence-electron chi connectivity index (χ1n) is 15.6. The molecule has 2 aliphatic rings. The van der Waals surface area contributed by atoms with Crippen LogP contribution in [0.5, 0.6) is 0 Å². The van der Waals surface area contributed by atoms with E-state index in [1.165, 1.54) is 36.8 Å². The van der Waals surface area contributed by atoms with E-state index in [-0.39, 0.29) is 48.1 Å². The van der Waals surface area contributed by atoms with Crippen LogP contribution < -0.4 is 21.3 Å². The Balaban J connectivity index is 0.000000762. The number of nitrogens with one attached hydrogen (secondary N) is 5. The van der Waals surface area contributed by atoms with E-state index in [0.717, 1.165) is 6.07 Å². The molecule has 47 heavy (non-hydrogen) atoms. The maximum absolute atomic E-state index is 13.9. The number of halogens is 4. The second-order valence-electron chi connectivity index (χ2n) is 13.2. The maximum Gasteiger partial charge on any atom is 0.418 e. The number of para-hydroxylation sites is 1. The number of H-pyrrole nitrogens is 1. The van der Waals surface area contributed by atoms with Gasteiger partial charge in [0.15, 0.2) is 0 Å². The zero-order chi connectivity index (χ0) is 34.6. The molecule has 0 saturated carbocycles. The molecule has 2 atom stereocenters. The Morgan fingerprint density at radius 2 is 1.72 bits per heavy atom. The van der Waals surface area contributed by atoms with E-state index < -0.39 is 53.4 Å². The molecule has 13 heteroatoms. The fourth-order valence-electron chi connectivity index (χ4n) is 5.46. The number of alkyl halides is 3. The van der Waals surface area contributed by atoms with Crippen molar-refractivity contribution < 1.29 is 36.7 Å². The quantitative estimate of drug-likeness (QED) is 0.240. The molecule has 0 spiro atoms. The summed E-state index contributed by atoms with van der Waals surface area (Å²) < 4.78 is 54.9. The first kappa shape index (κ1) is 35.4. The van der Waals surface area contributed by atoms with Gasteiger partial charge < -0.3 is 26.3 Å². The molecule has 9 nitrogen and oxygen atoms in total. The van der Waals surface area contributed by atoms with Crippen molar-refractivity contribution in [2.24, 2.45) is 5.41 Å². The van der Waals surface area contributed by atoms with Crippen LogP contribution in [0.25, 0.3) is 10.9 Å². The molecule has 2 aromatic carbocycles. The minimum absolute atomic E-state index is 0.0310. The van der Waals surface area contributed by atoms with Crippen molar-refractivity contribution in [3.63, 3.8) is 0 Å². The summed E-state index contributed by atoms with van der Waals surface area (Å²) in [4.78, 5) is 54.0. The molecule has 0 bridgehead atoms. The first-order chi connectivity index (χ1) is 22.0. The van der Waals surface area contributed by atoms with Crippen molar-refractivity contribution >= 4 is 34.5 Å². The first-order valence-corrected chi connectivity index (χ1v) is 15.6. The van der Waals surface area contributed by atoms with Gasteiger partial charge in [-0.05, 0) is 47.9 Å². The summed E-state index contributed by atoms with van der Waals surface area (Å²) in [6.45, 7) is 8.78. The highest BCUT2D eigenvalue weighted by Gasteiger charge is 2.46. The molecule has 3 aromatic rings. The summed E-state index contributed by atoms with van der Waals surface area (Å²) in [5.41, 5.74) is -0.897. The molecule has 1 saturated heterocycles. The number of carbonyl (C=O) groups is 4. The minimum Gasteiger partial charge on any atom is -0.358 e. The molecule has 0 radical (unpaired) electrons. The van der Waals surface area contributed by atoms with Crippen molar-refractivity contribution in [3.05, 3.63) is 70.7 Å². The van der Waals surface area contributed by atoms with Crippen molar-refractivity contribution in [2.75, 3.05) is 13.1 Å². The predicted octanol–water partition coefficient (Wildman–Crippen LogP) is 4.48. The number of fused-ring (bicyclic) bond motifs is 3. The number of hydrogen-bond donors (Lipinski definition) is 5. The Morgan fingerprint density at radius 1 is 1.02 bits per heavy atom. The highest BCUT2D eigenvalue weighted by atomic mass is 19.4. The van der Waals surface area contributed by atoms with E-state index in [1.54, 1.807) is 6.07 Å². The summed E-state index contributed by atoms with van der Waals surface area (Å²) in [7, 11) is 0. The number of amides is 4. The average Bonchev–Trinajstić information content (AvgIpc) is 3.58. The van der Waals surface area contributed by atoms with E-state index in [9.17, 15) is 36.7 Å². The Hall–Kier alpha value is -4.42. The number of hydrogen-bond acceptors (Lipinski definition) is 4. The standard InChI is InChI=1S/C28H27F4N5O4.C6H14/c29-19-7-2-1-4-15(19)12-22(38)34-14-23(39)37-27(26(41)36-21-9-11-33-25(21)40)10-8-20-17(13-27)16-5-3-6-18(24(16)35-20)28(30,31)32;1-5-6(2,3)4/h1-7,21,35H,8-14H2,(H,33,40)(H,34,38)(H,36,41)(H,37,39);5H2,1-4H3/t21?,27-;/m1./s1. The topological polar surface area (TPSA) is 132 Å². The van der Waals surface area contributed by atoms with E-state index in [0.29, 0.717) is 29.6 Å². The lowest BCUT2D eigenvalue weighted by Gasteiger charge is -2.37. The third kappa shape index (κ3) is 8.69. The fourth-order valence-corrected chi connectivity index (χ4v) is 5.46. The summed E-state index contributed by atoms with van der Waals surface area (Å²) in [6, 6.07) is 8.65. The van der Waals surface area contributed by atoms with Gasteiger partial charge >= 0.3 is 6.18 Å². The number of aromatic nitrogens is 1. The van der Waals surface area contributed by atoms with Gasteiger partial charge in [0.1, 0.15) is 17.4 Å². The van der Waals surface area contributed by atoms with Crippen LogP contribution in [0.4, 0.5) is 17.6 Å². The van der Waals surface area contributed by atoms with E-state index >= 15 is 0 Å². The van der Waals surface area contributed by atoms with Gasteiger partial charge in [0.25, 0.3) is 0 Å². The molecule has 4 amide bonds. The molecule has 1 unspecified atom stereocenters. The Morgan fingerprint density at radius 3 is 2.34 bits per heavy atom. The number of benzene rings is 2. The summed E-state index contributed by atoms with van der Waals surface area (Å²) in [5, 5.41) is 10.7. The van der Waals surface area contributed by atoms with Gasteiger partial charge in [-0.15, -0.1) is 0 Å². The average molecular weight is 660 g/mol. The lowest BCUT2D eigenvalue weighted by Crippen LogP contribution is -2.64. The lowest BCUT2D eigenvalue weighted by atomic mass is 9.78. The molecule has 1 aromatic heterocycles. The van der Waals surface area contributed by atoms with Crippen LogP contribution >= 0.6 is 0 Å².